The van der Waals surface area contributed by atoms with Crippen LogP contribution in [0, 0.1) is 59.9 Å². The Morgan fingerprint density at radius 1 is 0.536 bits per heavy atom. The van der Waals surface area contributed by atoms with Gasteiger partial charge < -0.3 is 0 Å². The van der Waals surface area contributed by atoms with Crippen LogP contribution in [0.1, 0.15) is 171 Å². The Morgan fingerprint density at radius 3 is 1.42 bits per heavy atom. The molecule has 0 aliphatic heterocycles. The summed E-state index contributed by atoms with van der Waals surface area (Å²) >= 11 is 0.738. The molecule has 4 aromatic carbocycles. The third-order valence-electron chi connectivity index (χ3n) is 13.5. The van der Waals surface area contributed by atoms with Crippen molar-refractivity contribution in [1.29, 1.82) is 0 Å². The quantitative estimate of drug-likeness (QED) is 0.0238. The third kappa shape index (κ3) is 16.4. The van der Waals surface area contributed by atoms with E-state index in [-0.39, 0.29) is 45.2 Å². The summed E-state index contributed by atoms with van der Waals surface area (Å²) in [5.74, 6) is -0.342. The van der Waals surface area contributed by atoms with Crippen LogP contribution in [0.5, 0.6) is 0 Å². The van der Waals surface area contributed by atoms with Gasteiger partial charge in [0, 0.05) is 0 Å². The molecular formula is C58H73AcN3O5S2. The molecule has 0 saturated heterocycles. The molecule has 365 valence electrons. The predicted molar refractivity (Wildman–Crippen MR) is 288 cm³/mol. The van der Waals surface area contributed by atoms with Crippen molar-refractivity contribution in [2.75, 3.05) is 4.90 Å². The molecule has 0 atom stereocenters. The van der Waals surface area contributed by atoms with Crippen LogP contribution in [0.3, 0.4) is 0 Å². The number of carbonyl (C=O) groups excluding carboxylic acids is 1. The minimum atomic E-state index is -2.33. The molecule has 69 heavy (non-hydrogen) atoms. The maximum atomic E-state index is 13.9. The Bertz CT molecular complexity index is 2540. The van der Waals surface area contributed by atoms with E-state index in [4.69, 9.17) is 0 Å². The molecule has 0 saturated carbocycles. The molecule has 0 radical (unpaired) electrons. The zero-order valence-corrected chi connectivity index (χ0v) is 47.9. The Labute approximate surface area is 441 Å². The van der Waals surface area contributed by atoms with E-state index in [1.54, 1.807) is 17.4 Å². The molecule has 11 heteroatoms. The number of nitro benzene ring substituents is 2. The van der Waals surface area contributed by atoms with Crippen LogP contribution in [0.25, 0.3) is 31.7 Å². The number of aryl methyl sites for hydroxylation is 2. The van der Waals surface area contributed by atoms with E-state index < -0.39 is 44.6 Å². The summed E-state index contributed by atoms with van der Waals surface area (Å²) in [7, 11) is 0. The fourth-order valence-electron chi connectivity index (χ4n) is 9.64. The van der Waals surface area contributed by atoms with Gasteiger partial charge in [-0.3, -0.25) is 0 Å². The molecule has 2 aromatic heterocycles. The zero-order chi connectivity index (χ0) is 48.8. The summed E-state index contributed by atoms with van der Waals surface area (Å²) in [5, 5.41) is 32.3. The maximum absolute atomic E-state index is 13.9. The number of thiophene rings is 2. The van der Waals surface area contributed by atoms with Gasteiger partial charge in [-0.05, 0) is 0 Å². The average Bonchev–Trinajstić information content (AvgIpc) is 4.03. The molecule has 6 aromatic rings. The second-order valence-electron chi connectivity index (χ2n) is 18.9. The van der Waals surface area contributed by atoms with Crippen molar-refractivity contribution >= 4 is 57.2 Å². The number of benzene rings is 4. The molecule has 0 unspecified atom stereocenters. The van der Waals surface area contributed by atoms with Gasteiger partial charge in [-0.2, -0.15) is 0 Å². The summed E-state index contributed by atoms with van der Waals surface area (Å²) in [4.78, 5) is 44.0. The topological polar surface area (TPSA) is 107 Å². The van der Waals surface area contributed by atoms with Gasteiger partial charge in [-0.25, -0.2) is 0 Å². The number of unbranched alkanes of at least 4 members (excludes halogenated alkanes) is 18. The van der Waals surface area contributed by atoms with Crippen LogP contribution in [0.15, 0.2) is 95.7 Å². The minimum absolute atomic E-state index is 0.0149. The van der Waals surface area contributed by atoms with E-state index >= 15 is 0 Å². The first-order valence-corrected chi connectivity index (χ1v) is 33.5. The summed E-state index contributed by atoms with van der Waals surface area (Å²) in [5.41, 5.74) is 5.43. The van der Waals surface area contributed by atoms with E-state index in [1.165, 1.54) is 138 Å². The van der Waals surface area contributed by atoms with Crippen molar-refractivity contribution in [3.8, 4) is 20.9 Å². The average molecular weight is 1180 g/mol. The number of anilines is 1. The van der Waals surface area contributed by atoms with Crippen LogP contribution in [0.2, 0.25) is 0 Å². The van der Waals surface area contributed by atoms with Crippen molar-refractivity contribution in [2.45, 2.75) is 170 Å². The van der Waals surface area contributed by atoms with E-state index in [1.807, 2.05) is 54.6 Å². The molecule has 0 N–H and O–H groups in total. The first-order valence-electron chi connectivity index (χ1n) is 26.0. The van der Waals surface area contributed by atoms with Crippen molar-refractivity contribution in [2.24, 2.45) is 0 Å². The van der Waals surface area contributed by atoms with Crippen LogP contribution in [-0.4, -0.2) is 15.8 Å². The Morgan fingerprint density at radius 2 is 0.957 bits per heavy atom. The van der Waals surface area contributed by atoms with Crippen LogP contribution in [0.4, 0.5) is 17.1 Å². The van der Waals surface area contributed by atoms with Gasteiger partial charge in [0.1, 0.15) is 0 Å². The molecule has 8 nitrogen and oxygen atoms in total. The van der Waals surface area contributed by atoms with Crippen LogP contribution >= 0.6 is 22.7 Å². The van der Waals surface area contributed by atoms with E-state index in [0.717, 1.165) is 66.5 Å². The molecule has 0 aliphatic carbocycles. The van der Waals surface area contributed by atoms with Gasteiger partial charge in [-0.1, -0.05) is 84.5 Å². The van der Waals surface area contributed by atoms with Crippen molar-refractivity contribution < 1.29 is 54.3 Å². The second-order valence-corrected chi connectivity index (χ2v) is 26.5. The Hall–Kier alpha value is -3.75. The molecular weight excluding hydrogens is 1110 g/mol. The molecule has 0 fully saturated rings. The van der Waals surface area contributed by atoms with E-state index in [2.05, 4.69) is 48.9 Å². The van der Waals surface area contributed by atoms with Gasteiger partial charge in [0.15, 0.2) is 0 Å². The molecule has 0 aliphatic rings. The number of hydrogen-bond acceptors (Lipinski definition) is 7. The molecule has 6 rings (SSSR count). The number of hydrogen-bond donors (Lipinski definition) is 0. The van der Waals surface area contributed by atoms with E-state index in [9.17, 15) is 25.0 Å². The number of amides is 1. The Kier molecular flexibility index (Phi) is 23.4. The second kappa shape index (κ2) is 29.6. The number of rotatable bonds is 32. The van der Waals surface area contributed by atoms with Gasteiger partial charge in [-0.15, -0.1) is 0 Å². The van der Waals surface area contributed by atoms with Gasteiger partial charge in [0.2, 0.25) is 0 Å². The summed E-state index contributed by atoms with van der Waals surface area (Å²) in [6.45, 7) is 6.06. The van der Waals surface area contributed by atoms with E-state index in [0.29, 0.717) is 5.56 Å². The molecule has 0 spiro atoms. The fourth-order valence-corrected chi connectivity index (χ4v) is 18.7. The predicted octanol–water partition coefficient (Wildman–Crippen LogP) is 17.5. The Balaban J connectivity index is 1.40. The van der Waals surface area contributed by atoms with Crippen LogP contribution < -0.4 is 5.64 Å². The summed E-state index contributed by atoms with van der Waals surface area (Å²) in [6.07, 6.45) is 26.9. The van der Waals surface area contributed by atoms with Crippen LogP contribution in [-0.2, 0) is 25.8 Å². The fraction of sp³-hybridized carbons (Fsp3) is 0.466. The molecule has 2 heterocycles. The molecule has 1 amide bonds. The first kappa shape index (κ1) is 54.6. The monoisotopic (exact) mass is 1180 g/mol. The number of fused-ring (bicyclic) bond motifs is 1. The third-order valence-corrected chi connectivity index (χ3v) is 22.3. The van der Waals surface area contributed by atoms with Gasteiger partial charge >= 0.3 is 361 Å². The first-order chi connectivity index (χ1) is 33.7. The number of nitrogens with zero attached hydrogens (tertiary/aromatic N) is 3. The van der Waals surface area contributed by atoms with Crippen molar-refractivity contribution in [3.05, 3.63) is 138 Å². The SMILES string of the molecule is CCCCCCCCCCCCc1csc(-c2cc3c([N+](=O)[O-])c(N(Cc4ccccc4)C(C)=O)c(-c4cc(CCCCCCCCCCCC)cs4)cc3c([N+](=O)[O-])[c]2[Ac][CH2]c2ccccc2)c1. The number of carbonyl (C=O) groups is 1. The summed E-state index contributed by atoms with van der Waals surface area (Å²) in [6, 6.07) is 27.6. The van der Waals surface area contributed by atoms with Gasteiger partial charge in [0.25, 0.3) is 0 Å². The van der Waals surface area contributed by atoms with Crippen molar-refractivity contribution in [3.63, 3.8) is 0 Å². The van der Waals surface area contributed by atoms with Gasteiger partial charge in [0.05, 0.1) is 0 Å². The zero-order valence-electron chi connectivity index (χ0n) is 41.5. The number of nitro groups is 2. The standard InChI is InChI=1S/C51H66N3O5S2.C7H7.Ac/c1-4-6-8-10-12-14-16-18-20-23-29-41-31-48(60-37-41)43-33-45-44(47(34-43)53(56)57)35-46(49-32-42(38-61-49)30-24-21-19-17-15-13-11-9-7-5-2)50(51(45)54(58)59)52(39(3)55)36-40-27-25-22-26-28-40;1-7-5-3-2-4-6-7;/h22,25-28,31-33,35,37-38H,4-21,23-24,29-30,36H2,1-3H3;2-6H,1H2;. The normalized spacial score (nSPS) is 11.3. The van der Waals surface area contributed by atoms with Crippen molar-refractivity contribution in [1.82, 2.24) is 0 Å². The summed E-state index contributed by atoms with van der Waals surface area (Å²) < 4.78 is 1.57. The molecule has 0 bridgehead atoms.